The second-order valence-electron chi connectivity index (χ2n) is 6.08. The number of amides is 1. The molecule has 1 fully saturated rings. The number of morpholine rings is 1. The molecule has 0 aromatic heterocycles. The van der Waals surface area contributed by atoms with Gasteiger partial charge in [0.1, 0.15) is 0 Å². The van der Waals surface area contributed by atoms with E-state index in [1.165, 1.54) is 12.1 Å². The van der Waals surface area contributed by atoms with Crippen molar-refractivity contribution in [3.05, 3.63) is 53.6 Å². The van der Waals surface area contributed by atoms with Crippen LogP contribution in [0.2, 0.25) is 5.02 Å². The zero-order valence-electron chi connectivity index (χ0n) is 14.5. The summed E-state index contributed by atoms with van der Waals surface area (Å²) in [5.41, 5.74) is 0.986. The fourth-order valence-corrected chi connectivity index (χ4v) is 3.99. The van der Waals surface area contributed by atoms with Gasteiger partial charge < -0.3 is 10.1 Å². The van der Waals surface area contributed by atoms with E-state index in [-0.39, 0.29) is 10.8 Å². The van der Waals surface area contributed by atoms with E-state index in [1.807, 2.05) is 4.90 Å². The van der Waals surface area contributed by atoms with E-state index < -0.39 is 10.0 Å². The third kappa shape index (κ3) is 5.67. The molecule has 2 aromatic rings. The highest BCUT2D eigenvalue weighted by atomic mass is 35.5. The van der Waals surface area contributed by atoms with Gasteiger partial charge in [0.05, 0.1) is 24.7 Å². The summed E-state index contributed by atoms with van der Waals surface area (Å²) in [6, 6.07) is 12.5. The van der Waals surface area contributed by atoms with Gasteiger partial charge in [-0.15, -0.1) is 0 Å². The van der Waals surface area contributed by atoms with Gasteiger partial charge in [0.15, 0.2) is 0 Å². The van der Waals surface area contributed by atoms with Crippen LogP contribution >= 0.6 is 11.6 Å². The van der Waals surface area contributed by atoms with Crippen LogP contribution in [0.3, 0.4) is 0 Å². The Morgan fingerprint density at radius 3 is 2.41 bits per heavy atom. The topological polar surface area (TPSA) is 87.7 Å². The lowest BCUT2D eigenvalue weighted by Gasteiger charge is -2.25. The highest BCUT2D eigenvalue weighted by molar-refractivity contribution is 7.92. The number of hydrogen-bond donors (Lipinski definition) is 2. The van der Waals surface area contributed by atoms with Crippen LogP contribution in [0.5, 0.6) is 0 Å². The summed E-state index contributed by atoms with van der Waals surface area (Å²) in [6.07, 6.45) is 0. The Morgan fingerprint density at radius 1 is 1.07 bits per heavy atom. The van der Waals surface area contributed by atoms with Crippen molar-refractivity contribution in [2.45, 2.75) is 4.90 Å². The maximum Gasteiger partial charge on any atom is 0.261 e. The van der Waals surface area contributed by atoms with E-state index in [0.717, 1.165) is 13.1 Å². The first-order valence-electron chi connectivity index (χ1n) is 8.41. The standard InChI is InChI=1S/C18H20ClN3O4S/c19-14-2-1-3-17(12-14)27(24,25)21-16-6-4-15(5-7-16)20-18(23)13-22-8-10-26-11-9-22/h1-7,12,21H,8-11,13H2,(H,20,23). The minimum absolute atomic E-state index is 0.0814. The lowest BCUT2D eigenvalue weighted by Crippen LogP contribution is -2.41. The maximum absolute atomic E-state index is 12.4. The number of benzene rings is 2. The average Bonchev–Trinajstić information content (AvgIpc) is 2.64. The van der Waals surface area contributed by atoms with E-state index >= 15 is 0 Å². The fourth-order valence-electron chi connectivity index (χ4n) is 2.63. The van der Waals surface area contributed by atoms with E-state index in [0.29, 0.717) is 36.2 Å². The third-order valence-corrected chi connectivity index (χ3v) is 5.61. The van der Waals surface area contributed by atoms with Gasteiger partial charge in [0.25, 0.3) is 10.0 Å². The summed E-state index contributed by atoms with van der Waals surface area (Å²) in [6.45, 7) is 3.03. The Labute approximate surface area is 163 Å². The second kappa shape index (κ2) is 8.71. The predicted octanol–water partition coefficient (Wildman–Crippen LogP) is 2.41. The molecule has 2 aromatic carbocycles. The quantitative estimate of drug-likeness (QED) is 0.765. The van der Waals surface area contributed by atoms with Gasteiger partial charge in [0.2, 0.25) is 5.91 Å². The smallest absolute Gasteiger partial charge is 0.261 e. The van der Waals surface area contributed by atoms with Crippen LogP contribution in [0.1, 0.15) is 0 Å². The Bertz CT molecular complexity index is 897. The number of carbonyl (C=O) groups is 1. The summed E-state index contributed by atoms with van der Waals surface area (Å²) in [4.78, 5) is 14.2. The number of sulfonamides is 1. The summed E-state index contributed by atoms with van der Waals surface area (Å²) in [5, 5.41) is 3.15. The summed E-state index contributed by atoms with van der Waals surface area (Å²) in [7, 11) is -3.73. The minimum atomic E-state index is -3.73. The lowest BCUT2D eigenvalue weighted by atomic mass is 10.3. The number of hydrogen-bond acceptors (Lipinski definition) is 5. The first-order valence-corrected chi connectivity index (χ1v) is 10.3. The van der Waals surface area contributed by atoms with Gasteiger partial charge in [0, 0.05) is 29.5 Å². The number of nitrogens with one attached hydrogen (secondary N) is 2. The third-order valence-electron chi connectivity index (χ3n) is 4.00. The monoisotopic (exact) mass is 409 g/mol. The van der Waals surface area contributed by atoms with Crippen molar-refractivity contribution in [2.75, 3.05) is 42.9 Å². The molecule has 0 bridgehead atoms. The minimum Gasteiger partial charge on any atom is -0.379 e. The molecule has 27 heavy (non-hydrogen) atoms. The van der Waals surface area contributed by atoms with Crippen LogP contribution in [-0.4, -0.2) is 52.1 Å². The first kappa shape index (κ1) is 19.6. The van der Waals surface area contributed by atoms with Crippen molar-refractivity contribution < 1.29 is 17.9 Å². The number of ether oxygens (including phenoxy) is 1. The molecule has 1 heterocycles. The lowest BCUT2D eigenvalue weighted by molar-refractivity contribution is -0.118. The Morgan fingerprint density at radius 2 is 1.74 bits per heavy atom. The molecule has 144 valence electrons. The summed E-state index contributed by atoms with van der Waals surface area (Å²) >= 11 is 5.85. The molecule has 1 aliphatic rings. The molecule has 1 saturated heterocycles. The largest absolute Gasteiger partial charge is 0.379 e. The molecule has 1 amide bonds. The van der Waals surface area contributed by atoms with Crippen LogP contribution in [0.4, 0.5) is 11.4 Å². The van der Waals surface area contributed by atoms with Crippen LogP contribution < -0.4 is 10.0 Å². The van der Waals surface area contributed by atoms with Crippen molar-refractivity contribution in [3.8, 4) is 0 Å². The Hall–Kier alpha value is -2.13. The first-order chi connectivity index (χ1) is 12.9. The normalized spacial score (nSPS) is 15.3. The van der Waals surface area contributed by atoms with Crippen molar-refractivity contribution in [2.24, 2.45) is 0 Å². The SMILES string of the molecule is O=C(CN1CCOCC1)Nc1ccc(NS(=O)(=O)c2cccc(Cl)c2)cc1. The number of nitrogens with zero attached hydrogens (tertiary/aromatic N) is 1. The second-order valence-corrected chi connectivity index (χ2v) is 8.20. The van der Waals surface area contributed by atoms with Crippen molar-refractivity contribution in [1.82, 2.24) is 4.90 Å². The van der Waals surface area contributed by atoms with Gasteiger partial charge in [-0.3, -0.25) is 14.4 Å². The zero-order valence-corrected chi connectivity index (χ0v) is 16.1. The predicted molar refractivity (Wildman–Crippen MR) is 105 cm³/mol. The maximum atomic E-state index is 12.4. The number of carbonyl (C=O) groups excluding carboxylic acids is 1. The molecule has 0 saturated carbocycles. The molecule has 0 radical (unpaired) electrons. The molecule has 2 N–H and O–H groups in total. The number of rotatable bonds is 6. The number of halogens is 1. The van der Waals surface area contributed by atoms with Crippen LogP contribution in [0.15, 0.2) is 53.4 Å². The highest BCUT2D eigenvalue weighted by Gasteiger charge is 2.16. The van der Waals surface area contributed by atoms with E-state index in [9.17, 15) is 13.2 Å². The van der Waals surface area contributed by atoms with Crippen LogP contribution in [0, 0.1) is 0 Å². The van der Waals surface area contributed by atoms with Gasteiger partial charge in [-0.1, -0.05) is 17.7 Å². The molecule has 0 spiro atoms. The molecule has 0 unspecified atom stereocenters. The molecular weight excluding hydrogens is 390 g/mol. The molecule has 9 heteroatoms. The molecule has 1 aliphatic heterocycles. The van der Waals surface area contributed by atoms with E-state index in [2.05, 4.69) is 10.0 Å². The molecular formula is C18H20ClN3O4S. The molecule has 7 nitrogen and oxygen atoms in total. The summed E-state index contributed by atoms with van der Waals surface area (Å²) < 4.78 is 32.5. The fraction of sp³-hybridized carbons (Fsp3) is 0.278. The Kier molecular flexibility index (Phi) is 6.33. The van der Waals surface area contributed by atoms with Gasteiger partial charge in [-0.25, -0.2) is 8.42 Å². The van der Waals surface area contributed by atoms with Crippen LogP contribution in [0.25, 0.3) is 0 Å². The van der Waals surface area contributed by atoms with E-state index in [4.69, 9.17) is 16.3 Å². The Balaban J connectivity index is 1.59. The summed E-state index contributed by atoms with van der Waals surface area (Å²) in [5.74, 6) is -0.121. The zero-order chi connectivity index (χ0) is 19.3. The van der Waals surface area contributed by atoms with Gasteiger partial charge in [-0.05, 0) is 42.5 Å². The van der Waals surface area contributed by atoms with Crippen molar-refractivity contribution in [1.29, 1.82) is 0 Å². The van der Waals surface area contributed by atoms with Crippen molar-refractivity contribution >= 4 is 38.9 Å². The van der Waals surface area contributed by atoms with Crippen LogP contribution in [-0.2, 0) is 19.6 Å². The highest BCUT2D eigenvalue weighted by Crippen LogP contribution is 2.20. The molecule has 0 aliphatic carbocycles. The average molecular weight is 410 g/mol. The number of anilines is 2. The molecule has 0 atom stereocenters. The van der Waals surface area contributed by atoms with E-state index in [1.54, 1.807) is 36.4 Å². The molecule has 3 rings (SSSR count). The van der Waals surface area contributed by atoms with Crippen molar-refractivity contribution in [3.63, 3.8) is 0 Å². The van der Waals surface area contributed by atoms with Gasteiger partial charge >= 0.3 is 0 Å². The van der Waals surface area contributed by atoms with Gasteiger partial charge in [-0.2, -0.15) is 0 Å².